The molecule has 3 rings (SSSR count). The summed E-state index contributed by atoms with van der Waals surface area (Å²) in [6, 6.07) is 16.9. The Balaban J connectivity index is 1.82. The first kappa shape index (κ1) is 32.9. The third-order valence-corrected chi connectivity index (χ3v) is 7.74. The van der Waals surface area contributed by atoms with Crippen molar-refractivity contribution in [2.75, 3.05) is 20.2 Å². The number of esters is 2. The fourth-order valence-electron chi connectivity index (χ4n) is 4.74. The minimum absolute atomic E-state index is 0.141. The van der Waals surface area contributed by atoms with E-state index < -0.39 is 52.8 Å². The molecule has 6 atom stereocenters. The molecule has 0 aliphatic heterocycles. The van der Waals surface area contributed by atoms with E-state index >= 15 is 0 Å². The molecule has 1 aliphatic rings. The highest BCUT2D eigenvalue weighted by Crippen LogP contribution is 2.37. The Kier molecular flexibility index (Phi) is 13.4. The number of ether oxygens (including phenoxy) is 3. The molecule has 224 valence electrons. The monoisotopic (exact) mass is 606 g/mol. The van der Waals surface area contributed by atoms with Crippen molar-refractivity contribution in [3.8, 4) is 0 Å². The van der Waals surface area contributed by atoms with Crippen LogP contribution in [0, 0.1) is 5.92 Å². The van der Waals surface area contributed by atoms with Crippen molar-refractivity contribution in [2.24, 2.45) is 5.92 Å². The standard InChI is InChI=1S/C31H40Cl2N2O6/c1-20(2)40-31(38)25(18-21-12-6-4-7-13-21)35-29(36)23-19-24(32)28(39-17-11-10-16-34-3)26(33)27(23)41-30(37)22-14-8-5-9-15-22/h4-9,12-15,20,23-28,34H,10-11,16-19H2,1-3H3,(H,35,36)/t23?,24?,25-,26?,27?,28?/m0/s1. The Labute approximate surface area is 252 Å². The topological polar surface area (TPSA) is 103 Å². The second-order valence-corrected chi connectivity index (χ2v) is 11.5. The maximum atomic E-state index is 13.8. The SMILES string of the molecule is CNCCCCOC1C(Cl)CC(C(=O)N[C@@H](Cc2ccccc2)C(=O)OC(C)C)C(OC(=O)c2ccccc2)C1Cl. The van der Waals surface area contributed by atoms with Gasteiger partial charge in [-0.2, -0.15) is 0 Å². The maximum Gasteiger partial charge on any atom is 0.338 e. The molecule has 0 bridgehead atoms. The zero-order valence-corrected chi connectivity index (χ0v) is 25.3. The van der Waals surface area contributed by atoms with Gasteiger partial charge in [0.1, 0.15) is 12.1 Å². The van der Waals surface area contributed by atoms with E-state index in [9.17, 15) is 14.4 Å². The van der Waals surface area contributed by atoms with Gasteiger partial charge in [0, 0.05) is 13.0 Å². The van der Waals surface area contributed by atoms with Gasteiger partial charge in [0.25, 0.3) is 0 Å². The predicted octanol–water partition coefficient (Wildman–Crippen LogP) is 4.51. The number of carbonyl (C=O) groups excluding carboxylic acids is 3. The lowest BCUT2D eigenvalue weighted by Crippen LogP contribution is -2.57. The van der Waals surface area contributed by atoms with E-state index in [0.29, 0.717) is 12.2 Å². The predicted molar refractivity (Wildman–Crippen MR) is 159 cm³/mol. The van der Waals surface area contributed by atoms with Gasteiger partial charge in [0.05, 0.1) is 34.4 Å². The van der Waals surface area contributed by atoms with Crippen LogP contribution >= 0.6 is 23.2 Å². The van der Waals surface area contributed by atoms with Gasteiger partial charge in [-0.15, -0.1) is 23.2 Å². The highest BCUT2D eigenvalue weighted by Gasteiger charge is 2.49. The van der Waals surface area contributed by atoms with Crippen LogP contribution in [0.1, 0.15) is 49.0 Å². The van der Waals surface area contributed by atoms with Crippen LogP contribution in [-0.2, 0) is 30.2 Å². The average Bonchev–Trinajstić information content (AvgIpc) is 2.96. The van der Waals surface area contributed by atoms with Crippen molar-refractivity contribution in [3.05, 3.63) is 71.8 Å². The van der Waals surface area contributed by atoms with E-state index in [0.717, 1.165) is 24.9 Å². The highest BCUT2D eigenvalue weighted by atomic mass is 35.5. The molecule has 8 nitrogen and oxygen atoms in total. The summed E-state index contributed by atoms with van der Waals surface area (Å²) >= 11 is 13.6. The Hall–Kier alpha value is -2.65. The normalized spacial score (nSPS) is 23.0. The number of hydrogen-bond donors (Lipinski definition) is 2. The van der Waals surface area contributed by atoms with Gasteiger partial charge in [-0.1, -0.05) is 48.5 Å². The van der Waals surface area contributed by atoms with Crippen molar-refractivity contribution in [1.82, 2.24) is 10.6 Å². The largest absolute Gasteiger partial charge is 0.461 e. The minimum Gasteiger partial charge on any atom is -0.461 e. The molecule has 0 heterocycles. The molecule has 0 radical (unpaired) electrons. The number of hydrogen-bond acceptors (Lipinski definition) is 7. The summed E-state index contributed by atoms with van der Waals surface area (Å²) in [7, 11) is 1.88. The number of nitrogens with one attached hydrogen (secondary N) is 2. The van der Waals surface area contributed by atoms with E-state index in [4.69, 9.17) is 37.4 Å². The number of rotatable bonds is 14. The van der Waals surface area contributed by atoms with Crippen LogP contribution < -0.4 is 10.6 Å². The molecule has 1 aliphatic carbocycles. The second kappa shape index (κ2) is 16.7. The summed E-state index contributed by atoms with van der Waals surface area (Å²) < 4.78 is 17.4. The van der Waals surface area contributed by atoms with Crippen LogP contribution in [0.4, 0.5) is 0 Å². The van der Waals surface area contributed by atoms with Gasteiger partial charge in [-0.3, -0.25) is 4.79 Å². The first-order valence-corrected chi connectivity index (χ1v) is 14.9. The zero-order chi connectivity index (χ0) is 29.8. The summed E-state index contributed by atoms with van der Waals surface area (Å²) in [5, 5.41) is 4.42. The van der Waals surface area contributed by atoms with Crippen LogP contribution in [0.25, 0.3) is 0 Å². The quantitative estimate of drug-likeness (QED) is 0.185. The molecule has 41 heavy (non-hydrogen) atoms. The second-order valence-electron chi connectivity index (χ2n) is 10.4. The third kappa shape index (κ3) is 9.99. The molecular formula is C31H40Cl2N2O6. The van der Waals surface area contributed by atoms with Crippen molar-refractivity contribution in [2.45, 2.75) is 74.6 Å². The molecule has 0 saturated heterocycles. The number of amides is 1. The smallest absolute Gasteiger partial charge is 0.338 e. The molecule has 2 aromatic carbocycles. The Morgan fingerprint density at radius 2 is 1.61 bits per heavy atom. The molecule has 0 aromatic heterocycles. The van der Waals surface area contributed by atoms with E-state index in [1.807, 2.05) is 37.4 Å². The van der Waals surface area contributed by atoms with Gasteiger partial charge in [-0.25, -0.2) is 9.59 Å². The lowest BCUT2D eigenvalue weighted by atomic mass is 9.82. The van der Waals surface area contributed by atoms with Crippen molar-refractivity contribution >= 4 is 41.0 Å². The zero-order valence-electron chi connectivity index (χ0n) is 23.8. The lowest BCUT2D eigenvalue weighted by Gasteiger charge is -2.41. The van der Waals surface area contributed by atoms with Crippen LogP contribution in [0.5, 0.6) is 0 Å². The summed E-state index contributed by atoms with van der Waals surface area (Å²) in [5.41, 5.74) is 1.18. The first-order valence-electron chi connectivity index (χ1n) is 14.1. The number of alkyl halides is 2. The number of unbranched alkanes of at least 4 members (excludes halogenated alkanes) is 1. The molecule has 2 aromatic rings. The number of carbonyl (C=O) groups is 3. The van der Waals surface area contributed by atoms with Crippen molar-refractivity contribution in [3.63, 3.8) is 0 Å². The summed E-state index contributed by atoms with van der Waals surface area (Å²) in [6.45, 7) is 4.77. The molecule has 2 N–H and O–H groups in total. The molecule has 0 spiro atoms. The average molecular weight is 608 g/mol. The van der Waals surface area contributed by atoms with E-state index in [2.05, 4.69) is 10.6 Å². The third-order valence-electron chi connectivity index (χ3n) is 6.82. The minimum atomic E-state index is -1.04. The maximum absolute atomic E-state index is 13.8. The Morgan fingerprint density at radius 1 is 0.951 bits per heavy atom. The van der Waals surface area contributed by atoms with Crippen LogP contribution in [0.3, 0.4) is 0 Å². The molecule has 1 amide bonds. The lowest BCUT2D eigenvalue weighted by molar-refractivity contribution is -0.152. The van der Waals surface area contributed by atoms with Crippen molar-refractivity contribution in [1.29, 1.82) is 0 Å². The highest BCUT2D eigenvalue weighted by molar-refractivity contribution is 6.25. The Morgan fingerprint density at radius 3 is 2.24 bits per heavy atom. The summed E-state index contributed by atoms with van der Waals surface area (Å²) in [4.78, 5) is 39.8. The fraction of sp³-hybridized carbons (Fsp3) is 0.516. The van der Waals surface area contributed by atoms with Crippen LogP contribution in [-0.4, -0.2) is 73.2 Å². The van der Waals surface area contributed by atoms with Crippen LogP contribution in [0.2, 0.25) is 0 Å². The molecular weight excluding hydrogens is 567 g/mol. The van der Waals surface area contributed by atoms with Crippen LogP contribution in [0.15, 0.2) is 60.7 Å². The van der Waals surface area contributed by atoms with Gasteiger partial charge in [0.15, 0.2) is 0 Å². The van der Waals surface area contributed by atoms with Gasteiger partial charge >= 0.3 is 11.9 Å². The van der Waals surface area contributed by atoms with Gasteiger partial charge in [0.2, 0.25) is 5.91 Å². The van der Waals surface area contributed by atoms with E-state index in [1.54, 1.807) is 44.2 Å². The molecule has 10 heteroatoms. The van der Waals surface area contributed by atoms with Crippen molar-refractivity contribution < 1.29 is 28.6 Å². The number of benzene rings is 2. The fourth-order valence-corrected chi connectivity index (χ4v) is 5.72. The summed E-state index contributed by atoms with van der Waals surface area (Å²) in [6.07, 6.45) is 0.0283. The molecule has 1 fully saturated rings. The van der Waals surface area contributed by atoms with Gasteiger partial charge < -0.3 is 24.8 Å². The van der Waals surface area contributed by atoms with Gasteiger partial charge in [-0.05, 0) is 64.4 Å². The first-order chi connectivity index (χ1) is 19.7. The summed E-state index contributed by atoms with van der Waals surface area (Å²) in [5.74, 6) is -2.58. The number of halogens is 2. The molecule has 1 saturated carbocycles. The molecule has 5 unspecified atom stereocenters. The van der Waals surface area contributed by atoms with E-state index in [-0.39, 0.29) is 18.9 Å². The van der Waals surface area contributed by atoms with E-state index in [1.165, 1.54) is 0 Å². The Bertz CT molecular complexity index is 1100.